The van der Waals surface area contributed by atoms with Gasteiger partial charge in [0.1, 0.15) is 6.04 Å². The first-order chi connectivity index (χ1) is 11.1. The van der Waals surface area contributed by atoms with Crippen LogP contribution in [0.4, 0.5) is 0 Å². The first-order valence-electron chi connectivity index (χ1n) is 7.83. The third kappa shape index (κ3) is 3.62. The van der Waals surface area contributed by atoms with Gasteiger partial charge in [-0.1, -0.05) is 35.9 Å². The van der Waals surface area contributed by atoms with Crippen LogP contribution >= 0.6 is 11.3 Å². The summed E-state index contributed by atoms with van der Waals surface area (Å²) in [7, 11) is 0. The molecule has 2 amide bonds. The molecule has 1 aliphatic rings. The van der Waals surface area contributed by atoms with Gasteiger partial charge in [0.05, 0.1) is 4.88 Å². The van der Waals surface area contributed by atoms with Crippen LogP contribution in [0.2, 0.25) is 0 Å². The zero-order chi connectivity index (χ0) is 16.2. The summed E-state index contributed by atoms with van der Waals surface area (Å²) in [6.45, 7) is 3.19. The average Bonchev–Trinajstić information content (AvgIpc) is 3.24. The van der Waals surface area contributed by atoms with E-state index in [0.717, 1.165) is 18.4 Å². The summed E-state index contributed by atoms with van der Waals surface area (Å²) in [6.07, 6.45) is 1.61. The molecule has 1 atom stereocenters. The van der Waals surface area contributed by atoms with Crippen molar-refractivity contribution >= 4 is 23.2 Å². The molecule has 1 aromatic carbocycles. The molecule has 0 unspecified atom stereocenters. The van der Waals surface area contributed by atoms with E-state index in [4.69, 9.17) is 0 Å². The topological polar surface area (TPSA) is 49.4 Å². The minimum Gasteiger partial charge on any atom is -0.350 e. The van der Waals surface area contributed by atoms with Gasteiger partial charge in [-0.25, -0.2) is 0 Å². The Labute approximate surface area is 140 Å². The molecule has 1 aromatic heterocycles. The van der Waals surface area contributed by atoms with Crippen molar-refractivity contribution in [3.05, 3.63) is 57.8 Å². The fraction of sp³-hybridized carbons (Fsp3) is 0.333. The molecule has 1 N–H and O–H groups in total. The lowest BCUT2D eigenvalue weighted by Gasteiger charge is -2.23. The van der Waals surface area contributed by atoms with Crippen molar-refractivity contribution in [3.63, 3.8) is 0 Å². The molecule has 5 heteroatoms. The van der Waals surface area contributed by atoms with E-state index in [0.29, 0.717) is 18.0 Å². The highest BCUT2D eigenvalue weighted by Gasteiger charge is 2.34. The van der Waals surface area contributed by atoms with Crippen LogP contribution in [-0.2, 0) is 11.3 Å². The van der Waals surface area contributed by atoms with Crippen LogP contribution < -0.4 is 5.32 Å². The second kappa shape index (κ2) is 6.96. The Balaban J connectivity index is 1.61. The number of thiophene rings is 1. The van der Waals surface area contributed by atoms with Gasteiger partial charge in [-0.2, -0.15) is 0 Å². The van der Waals surface area contributed by atoms with Crippen molar-refractivity contribution in [1.29, 1.82) is 0 Å². The van der Waals surface area contributed by atoms with Gasteiger partial charge >= 0.3 is 0 Å². The number of amides is 2. The number of benzene rings is 1. The lowest BCUT2D eigenvalue weighted by Crippen LogP contribution is -2.45. The van der Waals surface area contributed by atoms with Crippen molar-refractivity contribution in [3.8, 4) is 0 Å². The zero-order valence-corrected chi connectivity index (χ0v) is 13.9. The predicted octanol–water partition coefficient (Wildman–Crippen LogP) is 2.98. The number of nitrogens with one attached hydrogen (secondary N) is 1. The maximum atomic E-state index is 12.5. The normalized spacial score (nSPS) is 17.3. The van der Waals surface area contributed by atoms with E-state index in [9.17, 15) is 9.59 Å². The van der Waals surface area contributed by atoms with Crippen LogP contribution in [0.5, 0.6) is 0 Å². The number of hydrogen-bond donors (Lipinski definition) is 1. The number of rotatable bonds is 4. The fourth-order valence-electron chi connectivity index (χ4n) is 2.84. The summed E-state index contributed by atoms with van der Waals surface area (Å²) in [5, 5.41) is 4.85. The van der Waals surface area contributed by atoms with Gasteiger partial charge in [-0.05, 0) is 36.8 Å². The van der Waals surface area contributed by atoms with E-state index in [1.807, 2.05) is 48.7 Å². The first-order valence-corrected chi connectivity index (χ1v) is 8.71. The van der Waals surface area contributed by atoms with Gasteiger partial charge in [-0.3, -0.25) is 9.59 Å². The van der Waals surface area contributed by atoms with Gasteiger partial charge in [0.15, 0.2) is 0 Å². The van der Waals surface area contributed by atoms with Crippen LogP contribution in [0, 0.1) is 6.92 Å². The molecule has 120 valence electrons. The second-order valence-electron chi connectivity index (χ2n) is 5.84. The molecule has 2 heterocycles. The van der Waals surface area contributed by atoms with E-state index in [1.54, 1.807) is 4.90 Å². The molecule has 1 aliphatic heterocycles. The minimum absolute atomic E-state index is 0.0343. The second-order valence-corrected chi connectivity index (χ2v) is 6.78. The van der Waals surface area contributed by atoms with Gasteiger partial charge < -0.3 is 10.2 Å². The van der Waals surface area contributed by atoms with E-state index >= 15 is 0 Å². The van der Waals surface area contributed by atoms with Crippen LogP contribution in [-0.4, -0.2) is 29.3 Å². The smallest absolute Gasteiger partial charge is 0.264 e. The molecule has 3 rings (SSSR count). The van der Waals surface area contributed by atoms with E-state index in [-0.39, 0.29) is 17.9 Å². The molecular weight excluding hydrogens is 308 g/mol. The summed E-state index contributed by atoms with van der Waals surface area (Å²) < 4.78 is 0. The molecule has 1 fully saturated rings. The number of nitrogens with zero attached hydrogens (tertiary/aromatic N) is 1. The summed E-state index contributed by atoms with van der Waals surface area (Å²) in [5.41, 5.74) is 2.27. The zero-order valence-electron chi connectivity index (χ0n) is 13.1. The highest BCUT2D eigenvalue weighted by atomic mass is 32.1. The quantitative estimate of drug-likeness (QED) is 0.938. The Morgan fingerprint density at radius 3 is 2.74 bits per heavy atom. The van der Waals surface area contributed by atoms with Gasteiger partial charge in [0, 0.05) is 13.1 Å². The highest BCUT2D eigenvalue weighted by Crippen LogP contribution is 2.22. The molecule has 2 aromatic rings. The maximum Gasteiger partial charge on any atom is 0.264 e. The third-order valence-electron chi connectivity index (χ3n) is 4.14. The number of aryl methyl sites for hydroxylation is 1. The Kier molecular flexibility index (Phi) is 4.76. The molecule has 23 heavy (non-hydrogen) atoms. The molecule has 4 nitrogen and oxygen atoms in total. The Hall–Kier alpha value is -2.14. The van der Waals surface area contributed by atoms with Crippen LogP contribution in [0.3, 0.4) is 0 Å². The van der Waals surface area contributed by atoms with Crippen molar-refractivity contribution in [2.75, 3.05) is 6.54 Å². The predicted molar refractivity (Wildman–Crippen MR) is 91.4 cm³/mol. The van der Waals surface area contributed by atoms with Crippen molar-refractivity contribution in [2.45, 2.75) is 32.4 Å². The van der Waals surface area contributed by atoms with E-state index in [1.165, 1.54) is 16.9 Å². The van der Waals surface area contributed by atoms with Crippen LogP contribution in [0.1, 0.15) is 33.6 Å². The molecule has 0 saturated carbocycles. The number of likely N-dealkylation sites (tertiary alicyclic amines) is 1. The standard InChI is InChI=1S/C18H20N2O2S/c1-13-6-8-14(9-7-13)12-19-17(21)15-4-2-10-20(15)18(22)16-5-3-11-23-16/h3,5-9,11,15H,2,4,10,12H2,1H3,(H,19,21)/t15-/m0/s1. The largest absolute Gasteiger partial charge is 0.350 e. The third-order valence-corrected chi connectivity index (χ3v) is 4.99. The SMILES string of the molecule is Cc1ccc(CNC(=O)[C@@H]2CCCN2C(=O)c2cccs2)cc1. The molecule has 0 spiro atoms. The molecule has 1 saturated heterocycles. The summed E-state index contributed by atoms with van der Waals surface area (Å²) in [5.74, 6) is -0.0963. The number of carbonyl (C=O) groups is 2. The monoisotopic (exact) mass is 328 g/mol. The number of hydrogen-bond acceptors (Lipinski definition) is 3. The van der Waals surface area contributed by atoms with Crippen molar-refractivity contribution < 1.29 is 9.59 Å². The lowest BCUT2D eigenvalue weighted by atomic mass is 10.1. The molecule has 0 bridgehead atoms. The van der Waals surface area contributed by atoms with Crippen LogP contribution in [0.25, 0.3) is 0 Å². The summed E-state index contributed by atoms with van der Waals surface area (Å²) >= 11 is 1.42. The average molecular weight is 328 g/mol. The fourth-order valence-corrected chi connectivity index (χ4v) is 3.52. The van der Waals surface area contributed by atoms with Crippen molar-refractivity contribution in [2.24, 2.45) is 0 Å². The summed E-state index contributed by atoms with van der Waals surface area (Å²) in [6, 6.07) is 11.4. The highest BCUT2D eigenvalue weighted by molar-refractivity contribution is 7.12. The van der Waals surface area contributed by atoms with E-state index < -0.39 is 0 Å². The van der Waals surface area contributed by atoms with Gasteiger partial charge in [0.2, 0.25) is 5.91 Å². The van der Waals surface area contributed by atoms with Gasteiger partial charge in [0.25, 0.3) is 5.91 Å². The van der Waals surface area contributed by atoms with E-state index in [2.05, 4.69) is 5.32 Å². The minimum atomic E-state index is -0.352. The maximum absolute atomic E-state index is 12.5. The Morgan fingerprint density at radius 2 is 2.04 bits per heavy atom. The molecule has 0 aliphatic carbocycles. The molecular formula is C18H20N2O2S. The number of carbonyl (C=O) groups excluding carboxylic acids is 2. The Bertz CT molecular complexity index is 680. The molecule has 0 radical (unpaired) electrons. The van der Waals surface area contributed by atoms with Crippen molar-refractivity contribution in [1.82, 2.24) is 10.2 Å². The Morgan fingerprint density at radius 1 is 1.26 bits per heavy atom. The lowest BCUT2D eigenvalue weighted by molar-refractivity contribution is -0.125. The van der Waals surface area contributed by atoms with Gasteiger partial charge in [-0.15, -0.1) is 11.3 Å². The first kappa shape index (κ1) is 15.7. The van der Waals surface area contributed by atoms with Crippen LogP contribution in [0.15, 0.2) is 41.8 Å². The summed E-state index contributed by atoms with van der Waals surface area (Å²) in [4.78, 5) is 27.4.